The largest absolute Gasteiger partial charge is 0.329 e. The normalized spacial score (nSPS) is 24.2. The summed E-state index contributed by atoms with van der Waals surface area (Å²) in [7, 11) is 0. The molecule has 1 N–H and O–H groups in total. The fraction of sp³-hybridized carbons (Fsp3) is 0.375. The van der Waals surface area contributed by atoms with Gasteiger partial charge in [0.1, 0.15) is 0 Å². The van der Waals surface area contributed by atoms with Crippen LogP contribution >= 0.6 is 0 Å². The molecule has 0 amide bonds. The molecule has 0 saturated heterocycles. The molecule has 10 heavy (non-hydrogen) atoms. The first-order valence-electron chi connectivity index (χ1n) is 6.19. The summed E-state index contributed by atoms with van der Waals surface area (Å²) in [4.78, 5) is 13.3. The van der Waals surface area contributed by atoms with Crippen molar-refractivity contribution in [2.45, 2.75) is 19.6 Å². The number of rotatable bonds is 1. The number of hydrogen-bond donors (Lipinski definition) is 1. The molecule has 0 aliphatic heterocycles. The van der Waals surface area contributed by atoms with Gasteiger partial charge in [0.05, 0.1) is 0 Å². The Morgan fingerprint density at radius 1 is 1.80 bits per heavy atom. The van der Waals surface area contributed by atoms with Gasteiger partial charge in [0.25, 0.3) is 0 Å². The molecule has 0 aliphatic carbocycles. The van der Waals surface area contributed by atoms with Crippen molar-refractivity contribution in [3.63, 3.8) is 0 Å². The van der Waals surface area contributed by atoms with Crippen LogP contribution in [0.25, 0.3) is 0 Å². The van der Waals surface area contributed by atoms with Crippen molar-refractivity contribution in [3.8, 4) is 0 Å². The minimum Gasteiger partial charge on any atom is -0.329 e. The zero-order chi connectivity index (χ0) is 13.5. The van der Waals surface area contributed by atoms with Gasteiger partial charge in [-0.05, 0) is 17.5 Å². The third kappa shape index (κ3) is 1.47. The highest BCUT2D eigenvalue weighted by Gasteiger charge is 1.96. The van der Waals surface area contributed by atoms with Crippen molar-refractivity contribution in [1.82, 2.24) is 4.98 Å². The average Bonchev–Trinajstić information content (AvgIpc) is 2.12. The number of nitrogens with one attached hydrogen (secondary N) is 1. The molecule has 0 atom stereocenters. The first-order chi connectivity index (χ1) is 7.50. The summed E-state index contributed by atoms with van der Waals surface area (Å²) in [6, 6.07) is 1.94. The molecule has 0 radical (unpaired) electrons. The van der Waals surface area contributed by atoms with E-state index in [4.69, 9.17) is 9.60 Å². The van der Waals surface area contributed by atoms with Gasteiger partial charge in [-0.3, -0.25) is 4.79 Å². The molecular formula is C8H11NO. The van der Waals surface area contributed by atoms with Gasteiger partial charge in [-0.2, -0.15) is 0 Å². The Hall–Kier alpha value is -1.05. The fourth-order valence-electron chi connectivity index (χ4n) is 0.600. The number of pyridine rings is 1. The summed E-state index contributed by atoms with van der Waals surface area (Å²) in [6.45, 7) is -6.13. The zero-order valence-corrected chi connectivity index (χ0v) is 5.14. The molecule has 1 rings (SSSR count). The van der Waals surface area contributed by atoms with E-state index >= 15 is 0 Å². The lowest BCUT2D eigenvalue weighted by atomic mass is 10.1. The molecule has 0 fully saturated rings. The van der Waals surface area contributed by atoms with E-state index in [2.05, 4.69) is 4.98 Å². The summed E-state index contributed by atoms with van der Waals surface area (Å²) in [5.41, 5.74) is -0.992. The summed E-state index contributed by atoms with van der Waals surface area (Å²) >= 11 is 0. The van der Waals surface area contributed by atoms with Gasteiger partial charge in [0.15, 0.2) is 0 Å². The molecule has 2 nitrogen and oxygen atoms in total. The molecule has 1 aromatic heterocycles. The van der Waals surface area contributed by atoms with Crippen molar-refractivity contribution >= 4 is 0 Å². The Morgan fingerprint density at radius 2 is 2.60 bits per heavy atom. The van der Waals surface area contributed by atoms with Crippen LogP contribution < -0.4 is 5.56 Å². The third-order valence-electron chi connectivity index (χ3n) is 1.06. The van der Waals surface area contributed by atoms with E-state index in [9.17, 15) is 4.79 Å². The standard InChI is InChI=1S/C8H11NO/c1-6(2)7-3-4-9-8(10)5-7/h3-6H,1-2H3,(H,9,10)/i1D3,2D3,6D. The first-order valence-corrected chi connectivity index (χ1v) is 2.69. The van der Waals surface area contributed by atoms with Crippen LogP contribution in [0.2, 0.25) is 0 Å². The Kier molecular flexibility index (Phi) is 0.598. The van der Waals surface area contributed by atoms with Gasteiger partial charge in [-0.25, -0.2) is 0 Å². The van der Waals surface area contributed by atoms with Gasteiger partial charge in [-0.15, -0.1) is 0 Å². The molecule has 0 saturated carbocycles. The Bertz CT molecular complexity index is 444. The van der Waals surface area contributed by atoms with Gasteiger partial charge >= 0.3 is 0 Å². The minimum absolute atomic E-state index is 0.346. The van der Waals surface area contributed by atoms with Gasteiger partial charge in [-0.1, -0.05) is 13.7 Å². The van der Waals surface area contributed by atoms with E-state index in [-0.39, 0.29) is 5.56 Å². The topological polar surface area (TPSA) is 32.9 Å². The predicted molar refractivity (Wildman–Crippen MR) is 41.2 cm³/mol. The third-order valence-corrected chi connectivity index (χ3v) is 1.06. The molecule has 54 valence electrons. The highest BCUT2D eigenvalue weighted by molar-refractivity contribution is 5.13. The van der Waals surface area contributed by atoms with E-state index in [1.54, 1.807) is 0 Å². The second-order valence-corrected chi connectivity index (χ2v) is 1.82. The van der Waals surface area contributed by atoms with Crippen LogP contribution in [-0.2, 0) is 0 Å². The molecule has 0 spiro atoms. The van der Waals surface area contributed by atoms with E-state index in [0.29, 0.717) is 0 Å². The lowest BCUT2D eigenvalue weighted by molar-refractivity contribution is 0.859. The molecule has 0 aliphatic rings. The molecule has 0 aromatic carbocycles. The number of H-pyrrole nitrogens is 1. The summed E-state index contributed by atoms with van der Waals surface area (Å²) in [5, 5.41) is 0. The van der Waals surface area contributed by atoms with Crippen molar-refractivity contribution < 1.29 is 9.60 Å². The summed E-state index contributed by atoms with van der Waals surface area (Å²) in [6.07, 6.45) is 1.12. The fourth-order valence-corrected chi connectivity index (χ4v) is 0.600. The summed E-state index contributed by atoms with van der Waals surface area (Å²) in [5.74, 6) is -2.81. The van der Waals surface area contributed by atoms with Crippen LogP contribution in [0.5, 0.6) is 0 Å². The van der Waals surface area contributed by atoms with Crippen LogP contribution in [-0.4, -0.2) is 4.98 Å². The smallest absolute Gasteiger partial charge is 0.248 e. The summed E-state index contributed by atoms with van der Waals surface area (Å²) < 4.78 is 51.1. The van der Waals surface area contributed by atoms with Crippen molar-refractivity contribution in [1.29, 1.82) is 0 Å². The molecule has 0 bridgehead atoms. The van der Waals surface area contributed by atoms with Crippen LogP contribution in [0.1, 0.15) is 34.8 Å². The maximum Gasteiger partial charge on any atom is 0.248 e. The Morgan fingerprint density at radius 3 is 3.20 bits per heavy atom. The van der Waals surface area contributed by atoms with E-state index in [1.165, 1.54) is 0 Å². The van der Waals surface area contributed by atoms with Gasteiger partial charge < -0.3 is 4.98 Å². The monoisotopic (exact) mass is 144 g/mol. The Labute approximate surface area is 69.7 Å². The first kappa shape index (κ1) is 2.22. The van der Waals surface area contributed by atoms with Crippen molar-refractivity contribution in [3.05, 3.63) is 34.2 Å². The predicted octanol–water partition coefficient (Wildman–Crippen LogP) is 1.50. The number of aromatic amines is 1. The molecule has 1 heterocycles. The molecule has 2 heteroatoms. The maximum absolute atomic E-state index is 11.1. The number of aromatic nitrogens is 1. The van der Waals surface area contributed by atoms with Crippen molar-refractivity contribution in [2.75, 3.05) is 0 Å². The molecule has 0 unspecified atom stereocenters. The van der Waals surface area contributed by atoms with E-state index in [0.717, 1.165) is 18.3 Å². The van der Waals surface area contributed by atoms with Gasteiger partial charge in [0.2, 0.25) is 5.56 Å². The van der Waals surface area contributed by atoms with Crippen LogP contribution in [0.3, 0.4) is 0 Å². The van der Waals surface area contributed by atoms with E-state index in [1.807, 2.05) is 0 Å². The van der Waals surface area contributed by atoms with Gasteiger partial charge in [0, 0.05) is 21.9 Å². The van der Waals surface area contributed by atoms with E-state index < -0.39 is 25.2 Å². The maximum atomic E-state index is 11.1. The highest BCUT2D eigenvalue weighted by atomic mass is 16.1. The van der Waals surface area contributed by atoms with Crippen LogP contribution in [0, 0.1) is 0 Å². The second-order valence-electron chi connectivity index (χ2n) is 1.82. The minimum atomic E-state index is -3.06. The quantitative estimate of drug-likeness (QED) is 0.636. The number of hydrogen-bond acceptors (Lipinski definition) is 1. The zero-order valence-electron chi connectivity index (χ0n) is 12.1. The lowest BCUT2D eigenvalue weighted by Crippen LogP contribution is -2.04. The average molecular weight is 144 g/mol. The Balaban J connectivity index is 3.52. The molecular weight excluding hydrogens is 126 g/mol. The highest BCUT2D eigenvalue weighted by Crippen LogP contribution is 2.09. The van der Waals surface area contributed by atoms with Crippen LogP contribution in [0.4, 0.5) is 0 Å². The van der Waals surface area contributed by atoms with Crippen molar-refractivity contribution in [2.24, 2.45) is 0 Å². The lowest BCUT2D eigenvalue weighted by Gasteiger charge is -2.01. The molecule has 1 aromatic rings. The SMILES string of the molecule is [2H]C([2H])([2H])C([2H])(c1cc[nH]c(=O)c1)C([2H])([2H])[2H]. The van der Waals surface area contributed by atoms with Crippen LogP contribution in [0.15, 0.2) is 23.1 Å². The second kappa shape index (κ2) is 2.69.